The maximum absolute atomic E-state index is 5.92. The van der Waals surface area contributed by atoms with Gasteiger partial charge in [-0.25, -0.2) is 0 Å². The Morgan fingerprint density at radius 2 is 1.83 bits per heavy atom. The Morgan fingerprint density at radius 3 is 2.43 bits per heavy atom. The normalized spacial score (nSPS) is 17.4. The second-order valence-corrected chi connectivity index (χ2v) is 6.78. The second-order valence-electron chi connectivity index (χ2n) is 6.78. The van der Waals surface area contributed by atoms with Gasteiger partial charge in [0.2, 0.25) is 0 Å². The average Bonchev–Trinajstić information content (AvgIpc) is 2.51. The predicted octanol–water partition coefficient (Wildman–Crippen LogP) is 1.12. The van der Waals surface area contributed by atoms with Crippen LogP contribution in [0.15, 0.2) is 4.99 Å². The van der Waals surface area contributed by atoms with Crippen molar-refractivity contribution >= 4 is 5.96 Å². The Bertz CT molecular complexity index is 319. The Morgan fingerprint density at radius 1 is 1.17 bits per heavy atom. The number of rotatable bonds is 10. The maximum Gasteiger partial charge on any atom is 0.188 e. The third-order valence-electron chi connectivity index (χ3n) is 4.24. The third-order valence-corrected chi connectivity index (χ3v) is 4.24. The van der Waals surface area contributed by atoms with Crippen molar-refractivity contribution in [2.24, 2.45) is 10.7 Å². The van der Waals surface area contributed by atoms with E-state index in [2.05, 4.69) is 47.8 Å². The molecule has 0 aromatic carbocycles. The highest BCUT2D eigenvalue weighted by Crippen LogP contribution is 2.05. The van der Waals surface area contributed by atoms with E-state index in [-0.39, 0.29) is 0 Å². The van der Waals surface area contributed by atoms with E-state index in [1.165, 1.54) is 0 Å². The molecule has 3 N–H and O–H groups in total. The van der Waals surface area contributed by atoms with E-state index >= 15 is 0 Å². The first-order chi connectivity index (χ1) is 11.0. The molecule has 0 unspecified atom stereocenters. The molecule has 0 aromatic rings. The fourth-order valence-corrected chi connectivity index (χ4v) is 2.97. The smallest absolute Gasteiger partial charge is 0.188 e. The number of nitrogens with zero attached hydrogens (tertiary/aromatic N) is 3. The molecule has 0 radical (unpaired) electrons. The third kappa shape index (κ3) is 9.13. The summed E-state index contributed by atoms with van der Waals surface area (Å²) < 4.78 is 5.35. The number of hydrogen-bond donors (Lipinski definition) is 2. The zero-order chi connectivity index (χ0) is 17.1. The maximum atomic E-state index is 5.92. The molecule has 1 fully saturated rings. The molecule has 1 aliphatic rings. The van der Waals surface area contributed by atoms with E-state index in [9.17, 15) is 0 Å². The highest BCUT2D eigenvalue weighted by Gasteiger charge is 2.12. The number of nitrogens with two attached hydrogens (primary N) is 1. The van der Waals surface area contributed by atoms with Crippen LogP contribution in [0.1, 0.15) is 40.5 Å². The van der Waals surface area contributed by atoms with Crippen molar-refractivity contribution < 1.29 is 4.74 Å². The lowest BCUT2D eigenvalue weighted by Crippen LogP contribution is -2.39. The highest BCUT2D eigenvalue weighted by molar-refractivity contribution is 5.77. The van der Waals surface area contributed by atoms with Crippen molar-refractivity contribution in [1.82, 2.24) is 15.1 Å². The van der Waals surface area contributed by atoms with Crippen LogP contribution < -0.4 is 11.1 Å². The molecule has 1 saturated heterocycles. The highest BCUT2D eigenvalue weighted by atomic mass is 16.5. The number of guanidine groups is 1. The first kappa shape index (κ1) is 20.2. The van der Waals surface area contributed by atoms with Crippen molar-refractivity contribution in [2.45, 2.75) is 52.6 Å². The lowest BCUT2D eigenvalue weighted by molar-refractivity contribution is 0.0376. The van der Waals surface area contributed by atoms with Crippen LogP contribution in [0.2, 0.25) is 0 Å². The van der Waals surface area contributed by atoms with Crippen molar-refractivity contribution in [3.05, 3.63) is 0 Å². The van der Waals surface area contributed by atoms with Gasteiger partial charge in [0.1, 0.15) is 0 Å². The SMILES string of the molecule is CC(C)N(CCCN=C(N)NCCCN1CCOCC1)C(C)C. The molecule has 23 heavy (non-hydrogen) atoms. The summed E-state index contributed by atoms with van der Waals surface area (Å²) in [6, 6.07) is 1.16. The van der Waals surface area contributed by atoms with E-state index in [4.69, 9.17) is 10.5 Å². The van der Waals surface area contributed by atoms with Crippen molar-refractivity contribution in [1.29, 1.82) is 0 Å². The molecule has 0 atom stereocenters. The molecule has 0 spiro atoms. The zero-order valence-corrected chi connectivity index (χ0v) is 15.6. The second kappa shape index (κ2) is 11.6. The monoisotopic (exact) mass is 327 g/mol. The van der Waals surface area contributed by atoms with Gasteiger partial charge in [0.25, 0.3) is 0 Å². The molecule has 0 aromatic heterocycles. The number of morpholine rings is 1. The van der Waals surface area contributed by atoms with Crippen molar-refractivity contribution in [3.8, 4) is 0 Å². The Labute approximate surface area is 142 Å². The Balaban J connectivity index is 2.07. The van der Waals surface area contributed by atoms with Crippen LogP contribution in [0.25, 0.3) is 0 Å². The van der Waals surface area contributed by atoms with Crippen molar-refractivity contribution in [3.63, 3.8) is 0 Å². The summed E-state index contributed by atoms with van der Waals surface area (Å²) in [5.74, 6) is 0.577. The van der Waals surface area contributed by atoms with E-state index in [1.54, 1.807) is 0 Å². The molecular weight excluding hydrogens is 290 g/mol. The van der Waals surface area contributed by atoms with Crippen LogP contribution in [0.3, 0.4) is 0 Å². The fourth-order valence-electron chi connectivity index (χ4n) is 2.97. The number of aliphatic imine (C=N–C) groups is 1. The summed E-state index contributed by atoms with van der Waals surface area (Å²) in [6.45, 7) is 16.6. The van der Waals surface area contributed by atoms with Gasteiger partial charge < -0.3 is 15.8 Å². The minimum atomic E-state index is 0.577. The van der Waals surface area contributed by atoms with Crippen LogP contribution >= 0.6 is 0 Å². The molecule has 0 saturated carbocycles. The zero-order valence-electron chi connectivity index (χ0n) is 15.6. The predicted molar refractivity (Wildman–Crippen MR) is 98.0 cm³/mol. The largest absolute Gasteiger partial charge is 0.379 e. The van der Waals surface area contributed by atoms with E-state index in [0.717, 1.165) is 65.3 Å². The molecule has 1 aliphatic heterocycles. The summed E-state index contributed by atoms with van der Waals surface area (Å²) in [4.78, 5) is 9.35. The standard InChI is InChI=1S/C17H37N5O/c1-15(2)22(16(3)4)10-6-8-20-17(18)19-7-5-9-21-11-13-23-14-12-21/h15-16H,5-14H2,1-4H3,(H3,18,19,20). The van der Waals surface area contributed by atoms with Crippen LogP contribution in [0.5, 0.6) is 0 Å². The fraction of sp³-hybridized carbons (Fsp3) is 0.941. The van der Waals surface area contributed by atoms with Gasteiger partial charge in [-0.3, -0.25) is 14.8 Å². The summed E-state index contributed by atoms with van der Waals surface area (Å²) in [6.07, 6.45) is 2.14. The first-order valence-electron chi connectivity index (χ1n) is 9.10. The summed E-state index contributed by atoms with van der Waals surface area (Å²) in [5, 5.41) is 3.21. The molecule has 6 nitrogen and oxygen atoms in total. The van der Waals surface area contributed by atoms with Gasteiger partial charge >= 0.3 is 0 Å². The molecular formula is C17H37N5O. The Hall–Kier alpha value is -0.850. The van der Waals surface area contributed by atoms with Gasteiger partial charge in [-0.15, -0.1) is 0 Å². The topological polar surface area (TPSA) is 66.1 Å². The summed E-state index contributed by atoms with van der Waals surface area (Å²) in [7, 11) is 0. The van der Waals surface area contributed by atoms with E-state index < -0.39 is 0 Å². The molecule has 136 valence electrons. The Kier molecular flexibility index (Phi) is 10.2. The first-order valence-corrected chi connectivity index (χ1v) is 9.10. The number of hydrogen-bond acceptors (Lipinski definition) is 4. The van der Waals surface area contributed by atoms with Crippen LogP contribution in [-0.4, -0.2) is 80.3 Å². The lowest BCUT2D eigenvalue weighted by atomic mass is 10.2. The molecule has 0 bridgehead atoms. The van der Waals surface area contributed by atoms with Gasteiger partial charge in [-0.05, 0) is 47.1 Å². The molecule has 0 aliphatic carbocycles. The van der Waals surface area contributed by atoms with Gasteiger partial charge in [0, 0.05) is 44.8 Å². The van der Waals surface area contributed by atoms with Crippen LogP contribution in [-0.2, 0) is 4.74 Å². The van der Waals surface area contributed by atoms with E-state index in [0.29, 0.717) is 18.0 Å². The van der Waals surface area contributed by atoms with Gasteiger partial charge in [-0.2, -0.15) is 0 Å². The van der Waals surface area contributed by atoms with Crippen LogP contribution in [0.4, 0.5) is 0 Å². The molecule has 1 heterocycles. The van der Waals surface area contributed by atoms with Gasteiger partial charge in [0.05, 0.1) is 13.2 Å². The van der Waals surface area contributed by atoms with E-state index in [1.807, 2.05) is 0 Å². The quantitative estimate of drug-likeness (QED) is 0.358. The summed E-state index contributed by atoms with van der Waals surface area (Å²) >= 11 is 0. The van der Waals surface area contributed by atoms with Gasteiger partial charge in [0.15, 0.2) is 5.96 Å². The molecule has 0 amide bonds. The molecule has 6 heteroatoms. The lowest BCUT2D eigenvalue weighted by Gasteiger charge is -2.30. The van der Waals surface area contributed by atoms with Crippen LogP contribution in [0, 0.1) is 0 Å². The average molecular weight is 328 g/mol. The minimum absolute atomic E-state index is 0.577. The van der Waals surface area contributed by atoms with Gasteiger partial charge in [-0.1, -0.05) is 0 Å². The number of ether oxygens (including phenoxy) is 1. The van der Waals surface area contributed by atoms with Crippen molar-refractivity contribution in [2.75, 3.05) is 52.5 Å². The number of nitrogens with one attached hydrogen (secondary N) is 1. The minimum Gasteiger partial charge on any atom is -0.379 e. The molecule has 1 rings (SSSR count). The summed E-state index contributed by atoms with van der Waals surface area (Å²) in [5.41, 5.74) is 5.92.